The molecule has 0 fully saturated rings. The molecule has 2 N–H and O–H groups in total. The normalized spacial score (nSPS) is 17.2. The number of anilines is 1. The molecule has 1 aliphatic rings. The molecule has 1 heterocycles. The van der Waals surface area contributed by atoms with Crippen molar-refractivity contribution in [2.75, 3.05) is 19.0 Å². The van der Waals surface area contributed by atoms with Gasteiger partial charge >= 0.3 is 5.97 Å². The lowest BCUT2D eigenvalue weighted by atomic mass is 9.95. The molecule has 0 saturated carbocycles. The van der Waals surface area contributed by atoms with Crippen LogP contribution in [0.1, 0.15) is 38.8 Å². The van der Waals surface area contributed by atoms with Crippen molar-refractivity contribution in [3.63, 3.8) is 0 Å². The van der Waals surface area contributed by atoms with Gasteiger partial charge in [-0.25, -0.2) is 4.79 Å². The van der Waals surface area contributed by atoms with Crippen LogP contribution in [-0.4, -0.2) is 35.5 Å². The Morgan fingerprint density at radius 2 is 1.92 bits per heavy atom. The second-order valence-electron chi connectivity index (χ2n) is 5.64. The molecular weight excluding hydrogens is 338 g/mol. The van der Waals surface area contributed by atoms with Crippen molar-refractivity contribution in [1.82, 2.24) is 10.2 Å². The Kier molecular flexibility index (Phi) is 6.14. The number of carbonyl (C=O) groups is 2. The molecule has 0 spiro atoms. The van der Waals surface area contributed by atoms with Crippen LogP contribution in [0.3, 0.4) is 0 Å². The number of hydrogen-bond acceptors (Lipinski definition) is 4. The Labute approximate surface area is 153 Å². The summed E-state index contributed by atoms with van der Waals surface area (Å²) in [5, 5.41) is 6.59. The van der Waals surface area contributed by atoms with Crippen LogP contribution in [0.5, 0.6) is 0 Å². The second-order valence-corrected chi connectivity index (χ2v) is 6.03. The lowest BCUT2D eigenvalue weighted by molar-refractivity contribution is -0.136. The van der Waals surface area contributed by atoms with Crippen molar-refractivity contribution in [3.05, 3.63) is 41.1 Å². The molecule has 0 aliphatic carbocycles. The van der Waals surface area contributed by atoms with E-state index in [1.165, 1.54) is 7.11 Å². The van der Waals surface area contributed by atoms with Gasteiger partial charge < -0.3 is 20.3 Å². The van der Waals surface area contributed by atoms with Crippen LogP contribution in [0.25, 0.3) is 0 Å². The Bertz CT molecular complexity index is 713. The van der Waals surface area contributed by atoms with Crippen LogP contribution in [-0.2, 0) is 14.3 Å². The van der Waals surface area contributed by atoms with E-state index in [1.54, 1.807) is 6.92 Å². The van der Waals surface area contributed by atoms with Crippen molar-refractivity contribution in [3.8, 4) is 0 Å². The molecule has 1 amide bonds. The molecule has 1 aromatic carbocycles. The zero-order valence-corrected chi connectivity index (χ0v) is 15.7. The third kappa shape index (κ3) is 3.99. The zero-order valence-electron chi connectivity index (χ0n) is 14.9. The lowest BCUT2D eigenvalue weighted by Crippen LogP contribution is -2.47. The minimum Gasteiger partial charge on any atom is -0.466 e. The van der Waals surface area contributed by atoms with E-state index < -0.39 is 6.04 Å². The van der Waals surface area contributed by atoms with Crippen molar-refractivity contribution >= 4 is 34.9 Å². The molecule has 1 aliphatic heterocycles. The molecule has 25 heavy (non-hydrogen) atoms. The number of rotatable bonds is 5. The molecule has 6 nitrogen and oxygen atoms in total. The molecular formula is C18H23N3O3S. The van der Waals surface area contributed by atoms with Gasteiger partial charge in [-0.1, -0.05) is 19.1 Å². The lowest BCUT2D eigenvalue weighted by Gasteiger charge is -2.36. The second kappa shape index (κ2) is 8.11. The Balaban J connectivity index is 2.38. The maximum absolute atomic E-state index is 12.3. The highest BCUT2D eigenvalue weighted by molar-refractivity contribution is 7.80. The number of hydrogen-bond donors (Lipinski definition) is 2. The predicted molar refractivity (Wildman–Crippen MR) is 101 cm³/mol. The molecule has 2 rings (SSSR count). The van der Waals surface area contributed by atoms with Crippen molar-refractivity contribution < 1.29 is 14.3 Å². The third-order valence-corrected chi connectivity index (χ3v) is 4.50. The summed E-state index contributed by atoms with van der Waals surface area (Å²) in [6.45, 7) is 6.29. The first-order valence-corrected chi connectivity index (χ1v) is 8.60. The number of carbonyl (C=O) groups excluding carboxylic acids is 2. The van der Waals surface area contributed by atoms with E-state index in [9.17, 15) is 9.59 Å². The fourth-order valence-electron chi connectivity index (χ4n) is 2.79. The number of ether oxygens (including phenoxy) is 1. The highest BCUT2D eigenvalue weighted by atomic mass is 32.1. The molecule has 1 aromatic rings. The van der Waals surface area contributed by atoms with Crippen molar-refractivity contribution in [2.24, 2.45) is 0 Å². The number of benzene rings is 1. The highest BCUT2D eigenvalue weighted by Crippen LogP contribution is 2.31. The SMILES string of the molecule is CCC(=O)Nc1ccc([C@H]2NC(=S)N(CC)C(C)=C2C(=O)OC)cc1. The minimum absolute atomic E-state index is 0.0469. The minimum atomic E-state index is -0.390. The molecule has 0 saturated heterocycles. The van der Waals surface area contributed by atoms with E-state index in [-0.39, 0.29) is 11.9 Å². The van der Waals surface area contributed by atoms with Gasteiger partial charge in [0.2, 0.25) is 5.91 Å². The van der Waals surface area contributed by atoms with Crippen LogP contribution in [0.2, 0.25) is 0 Å². The number of amides is 1. The molecule has 134 valence electrons. The Morgan fingerprint density at radius 1 is 1.28 bits per heavy atom. The first kappa shape index (κ1) is 18.9. The molecule has 0 bridgehead atoms. The van der Waals surface area contributed by atoms with Crippen molar-refractivity contribution in [1.29, 1.82) is 0 Å². The molecule has 0 aromatic heterocycles. The smallest absolute Gasteiger partial charge is 0.337 e. The first-order valence-electron chi connectivity index (χ1n) is 8.19. The maximum Gasteiger partial charge on any atom is 0.337 e. The number of methoxy groups -OCH3 is 1. The largest absolute Gasteiger partial charge is 0.466 e. The number of nitrogens with one attached hydrogen (secondary N) is 2. The summed E-state index contributed by atoms with van der Waals surface area (Å²) >= 11 is 5.43. The Morgan fingerprint density at radius 3 is 2.44 bits per heavy atom. The van der Waals surface area contributed by atoms with Gasteiger partial charge in [-0.2, -0.15) is 0 Å². The summed E-state index contributed by atoms with van der Waals surface area (Å²) in [4.78, 5) is 25.7. The number of thiocarbonyl (C=S) groups is 1. The van der Waals surface area contributed by atoms with E-state index >= 15 is 0 Å². The zero-order chi connectivity index (χ0) is 18.6. The van der Waals surface area contributed by atoms with E-state index in [2.05, 4.69) is 10.6 Å². The van der Waals surface area contributed by atoms with Crippen LogP contribution in [0.15, 0.2) is 35.5 Å². The summed E-state index contributed by atoms with van der Waals surface area (Å²) in [5.74, 6) is -0.436. The Hall–Kier alpha value is -2.41. The van der Waals surface area contributed by atoms with Crippen LogP contribution < -0.4 is 10.6 Å². The number of esters is 1. The number of allylic oxidation sites excluding steroid dienone is 1. The maximum atomic E-state index is 12.3. The van der Waals surface area contributed by atoms with Gasteiger partial charge in [0.05, 0.1) is 18.7 Å². The van der Waals surface area contributed by atoms with Crippen LogP contribution in [0, 0.1) is 0 Å². The van der Waals surface area contributed by atoms with Crippen LogP contribution >= 0.6 is 12.2 Å². The summed E-state index contributed by atoms with van der Waals surface area (Å²) in [5.41, 5.74) is 2.89. The molecule has 1 atom stereocenters. The average Bonchev–Trinajstić information content (AvgIpc) is 2.61. The first-order chi connectivity index (χ1) is 11.9. The standard InChI is InChI=1S/C18H23N3O3S/c1-5-14(22)19-13-9-7-12(8-10-13)16-15(17(23)24-4)11(3)21(6-2)18(25)20-16/h7-10,16H,5-6H2,1-4H3,(H,19,22)(H,20,25)/t16-/m1/s1. The van der Waals surface area contributed by atoms with E-state index in [0.29, 0.717) is 29.3 Å². The predicted octanol–water partition coefficient (Wildman–Crippen LogP) is 2.73. The van der Waals surface area contributed by atoms with Gasteiger partial charge in [-0.05, 0) is 43.8 Å². The van der Waals surface area contributed by atoms with E-state index in [4.69, 9.17) is 17.0 Å². The van der Waals surface area contributed by atoms with Gasteiger partial charge in [0.25, 0.3) is 0 Å². The molecule has 7 heteroatoms. The van der Waals surface area contributed by atoms with Gasteiger partial charge in [-0.15, -0.1) is 0 Å². The van der Waals surface area contributed by atoms with Gasteiger partial charge in [0, 0.05) is 24.4 Å². The number of nitrogens with zero attached hydrogens (tertiary/aromatic N) is 1. The highest BCUT2D eigenvalue weighted by Gasteiger charge is 2.33. The summed E-state index contributed by atoms with van der Waals surface area (Å²) in [6.07, 6.45) is 0.418. The van der Waals surface area contributed by atoms with E-state index in [1.807, 2.05) is 43.0 Å². The molecule has 0 radical (unpaired) electrons. The van der Waals surface area contributed by atoms with Gasteiger partial charge in [0.1, 0.15) is 0 Å². The fraction of sp³-hybridized carbons (Fsp3) is 0.389. The summed E-state index contributed by atoms with van der Waals surface area (Å²) < 4.78 is 4.97. The van der Waals surface area contributed by atoms with E-state index in [0.717, 1.165) is 11.3 Å². The summed E-state index contributed by atoms with van der Waals surface area (Å²) in [6, 6.07) is 6.96. The third-order valence-electron chi connectivity index (χ3n) is 4.17. The van der Waals surface area contributed by atoms with Gasteiger partial charge in [0.15, 0.2) is 5.11 Å². The van der Waals surface area contributed by atoms with Gasteiger partial charge in [-0.3, -0.25) is 4.79 Å². The average molecular weight is 361 g/mol. The topological polar surface area (TPSA) is 70.7 Å². The quantitative estimate of drug-likeness (QED) is 0.621. The monoisotopic (exact) mass is 361 g/mol. The molecule has 0 unspecified atom stereocenters. The van der Waals surface area contributed by atoms with Crippen LogP contribution in [0.4, 0.5) is 5.69 Å². The summed E-state index contributed by atoms with van der Waals surface area (Å²) in [7, 11) is 1.37. The van der Waals surface area contributed by atoms with Crippen molar-refractivity contribution in [2.45, 2.75) is 33.2 Å². The fourth-order valence-corrected chi connectivity index (χ4v) is 3.18.